The molecule has 1 atom stereocenters. The average molecular weight is 222 g/mol. The predicted octanol–water partition coefficient (Wildman–Crippen LogP) is 1.50. The first-order valence-corrected chi connectivity index (χ1v) is 5.80. The largest absolute Gasteiger partial charge is 0.376 e. The summed E-state index contributed by atoms with van der Waals surface area (Å²) in [7, 11) is 0. The first-order chi connectivity index (χ1) is 7.88. The van der Waals surface area contributed by atoms with E-state index in [9.17, 15) is 0 Å². The zero-order valence-corrected chi connectivity index (χ0v) is 9.57. The SMILES string of the molecule is CCNc1cncc(NCC2CCCO2)n1. The second-order valence-electron chi connectivity index (χ2n) is 3.84. The molecule has 0 bridgehead atoms. The molecule has 1 fully saturated rings. The fourth-order valence-electron chi connectivity index (χ4n) is 1.74. The molecule has 5 nitrogen and oxygen atoms in total. The molecule has 1 aromatic rings. The lowest BCUT2D eigenvalue weighted by Crippen LogP contribution is -2.19. The smallest absolute Gasteiger partial charge is 0.147 e. The Hall–Kier alpha value is -1.36. The summed E-state index contributed by atoms with van der Waals surface area (Å²) in [5.41, 5.74) is 0. The average Bonchev–Trinajstić information content (AvgIpc) is 2.80. The number of aromatic nitrogens is 2. The first-order valence-electron chi connectivity index (χ1n) is 5.80. The fourth-order valence-corrected chi connectivity index (χ4v) is 1.74. The van der Waals surface area contributed by atoms with Gasteiger partial charge < -0.3 is 15.4 Å². The van der Waals surface area contributed by atoms with Crippen molar-refractivity contribution in [3.63, 3.8) is 0 Å². The van der Waals surface area contributed by atoms with Crippen molar-refractivity contribution in [3.05, 3.63) is 12.4 Å². The zero-order valence-electron chi connectivity index (χ0n) is 9.57. The molecule has 2 N–H and O–H groups in total. The normalized spacial score (nSPS) is 19.7. The maximum atomic E-state index is 5.53. The molecule has 0 saturated carbocycles. The van der Waals surface area contributed by atoms with Crippen LogP contribution in [0.2, 0.25) is 0 Å². The third-order valence-corrected chi connectivity index (χ3v) is 2.53. The Labute approximate surface area is 95.6 Å². The van der Waals surface area contributed by atoms with Crippen LogP contribution in [0.1, 0.15) is 19.8 Å². The van der Waals surface area contributed by atoms with Gasteiger partial charge in [0.25, 0.3) is 0 Å². The quantitative estimate of drug-likeness (QED) is 0.790. The summed E-state index contributed by atoms with van der Waals surface area (Å²) in [6, 6.07) is 0. The van der Waals surface area contributed by atoms with Crippen molar-refractivity contribution in [2.75, 3.05) is 30.3 Å². The van der Waals surface area contributed by atoms with Gasteiger partial charge in [-0.25, -0.2) is 4.98 Å². The minimum atomic E-state index is 0.324. The van der Waals surface area contributed by atoms with Crippen molar-refractivity contribution in [2.45, 2.75) is 25.9 Å². The lowest BCUT2D eigenvalue weighted by molar-refractivity contribution is 0.120. The van der Waals surface area contributed by atoms with Crippen molar-refractivity contribution in [1.29, 1.82) is 0 Å². The molecular formula is C11H18N4O. The Kier molecular flexibility index (Phi) is 3.93. The van der Waals surface area contributed by atoms with E-state index in [1.807, 2.05) is 6.92 Å². The highest BCUT2D eigenvalue weighted by Gasteiger charge is 2.14. The molecule has 1 aliphatic rings. The number of hydrogen-bond donors (Lipinski definition) is 2. The van der Waals surface area contributed by atoms with E-state index in [1.165, 1.54) is 0 Å². The molecule has 2 rings (SSSR count). The molecule has 88 valence electrons. The summed E-state index contributed by atoms with van der Waals surface area (Å²) >= 11 is 0. The van der Waals surface area contributed by atoms with Crippen molar-refractivity contribution < 1.29 is 4.74 Å². The molecule has 1 aromatic heterocycles. The molecule has 0 spiro atoms. The van der Waals surface area contributed by atoms with Gasteiger partial charge in [-0.15, -0.1) is 0 Å². The van der Waals surface area contributed by atoms with E-state index in [0.717, 1.165) is 44.2 Å². The summed E-state index contributed by atoms with van der Waals surface area (Å²) < 4.78 is 5.53. The lowest BCUT2D eigenvalue weighted by Gasteiger charge is -2.11. The molecule has 5 heteroatoms. The number of anilines is 2. The summed E-state index contributed by atoms with van der Waals surface area (Å²) in [6.45, 7) is 4.58. The van der Waals surface area contributed by atoms with Gasteiger partial charge in [0, 0.05) is 19.7 Å². The van der Waals surface area contributed by atoms with Gasteiger partial charge in [0.05, 0.1) is 18.5 Å². The minimum absolute atomic E-state index is 0.324. The number of ether oxygens (including phenoxy) is 1. The van der Waals surface area contributed by atoms with E-state index in [0.29, 0.717) is 6.10 Å². The Morgan fingerprint density at radius 2 is 2.19 bits per heavy atom. The second-order valence-corrected chi connectivity index (χ2v) is 3.84. The van der Waals surface area contributed by atoms with Crippen molar-refractivity contribution >= 4 is 11.6 Å². The van der Waals surface area contributed by atoms with Gasteiger partial charge in [0.2, 0.25) is 0 Å². The van der Waals surface area contributed by atoms with Crippen LogP contribution in [0.15, 0.2) is 12.4 Å². The molecule has 0 radical (unpaired) electrons. The highest BCUT2D eigenvalue weighted by atomic mass is 16.5. The highest BCUT2D eigenvalue weighted by molar-refractivity contribution is 5.41. The predicted molar refractivity (Wildman–Crippen MR) is 63.7 cm³/mol. The van der Waals surface area contributed by atoms with Gasteiger partial charge in [0.15, 0.2) is 0 Å². The minimum Gasteiger partial charge on any atom is -0.376 e. The third kappa shape index (κ3) is 3.06. The summed E-state index contributed by atoms with van der Waals surface area (Å²) in [4.78, 5) is 8.50. The molecular weight excluding hydrogens is 204 g/mol. The number of rotatable bonds is 5. The Balaban J connectivity index is 1.85. The van der Waals surface area contributed by atoms with Gasteiger partial charge >= 0.3 is 0 Å². The van der Waals surface area contributed by atoms with Gasteiger partial charge in [-0.2, -0.15) is 0 Å². The van der Waals surface area contributed by atoms with Crippen LogP contribution in [0.5, 0.6) is 0 Å². The Morgan fingerprint density at radius 3 is 2.88 bits per heavy atom. The molecule has 0 aromatic carbocycles. The van der Waals surface area contributed by atoms with Crippen LogP contribution in [-0.2, 0) is 4.74 Å². The topological polar surface area (TPSA) is 59.1 Å². The van der Waals surface area contributed by atoms with Crippen LogP contribution in [0.3, 0.4) is 0 Å². The third-order valence-electron chi connectivity index (χ3n) is 2.53. The molecule has 0 aliphatic carbocycles. The van der Waals surface area contributed by atoms with Gasteiger partial charge in [-0.1, -0.05) is 0 Å². The zero-order chi connectivity index (χ0) is 11.2. The Bertz CT molecular complexity index is 326. The van der Waals surface area contributed by atoms with E-state index in [2.05, 4.69) is 20.6 Å². The van der Waals surface area contributed by atoms with Crippen LogP contribution in [0.4, 0.5) is 11.6 Å². The second kappa shape index (κ2) is 5.65. The molecule has 16 heavy (non-hydrogen) atoms. The van der Waals surface area contributed by atoms with Crippen LogP contribution < -0.4 is 10.6 Å². The molecule has 1 aliphatic heterocycles. The summed E-state index contributed by atoms with van der Waals surface area (Å²) in [5.74, 6) is 1.61. The fraction of sp³-hybridized carbons (Fsp3) is 0.636. The van der Waals surface area contributed by atoms with E-state index in [4.69, 9.17) is 4.74 Å². The first kappa shape index (κ1) is 11.1. The monoisotopic (exact) mass is 222 g/mol. The van der Waals surface area contributed by atoms with Crippen molar-refractivity contribution in [2.24, 2.45) is 0 Å². The van der Waals surface area contributed by atoms with Crippen LogP contribution >= 0.6 is 0 Å². The standard InChI is InChI=1S/C11H18N4O/c1-2-13-10-7-12-8-11(15-10)14-6-9-4-3-5-16-9/h7-9H,2-6H2,1H3,(H2,13,14,15). The summed E-state index contributed by atoms with van der Waals surface area (Å²) in [5, 5.41) is 6.38. The highest BCUT2D eigenvalue weighted by Crippen LogP contribution is 2.13. The summed E-state index contributed by atoms with van der Waals surface area (Å²) in [6.07, 6.45) is 6.07. The van der Waals surface area contributed by atoms with Crippen LogP contribution in [0, 0.1) is 0 Å². The lowest BCUT2D eigenvalue weighted by atomic mass is 10.2. The molecule has 1 saturated heterocycles. The van der Waals surface area contributed by atoms with E-state index < -0.39 is 0 Å². The van der Waals surface area contributed by atoms with Gasteiger partial charge in [-0.05, 0) is 19.8 Å². The maximum absolute atomic E-state index is 5.53. The molecule has 0 amide bonds. The van der Waals surface area contributed by atoms with Crippen molar-refractivity contribution in [1.82, 2.24) is 9.97 Å². The molecule has 1 unspecified atom stereocenters. The van der Waals surface area contributed by atoms with Crippen LogP contribution in [-0.4, -0.2) is 35.8 Å². The van der Waals surface area contributed by atoms with E-state index >= 15 is 0 Å². The van der Waals surface area contributed by atoms with E-state index in [1.54, 1.807) is 12.4 Å². The van der Waals surface area contributed by atoms with E-state index in [-0.39, 0.29) is 0 Å². The van der Waals surface area contributed by atoms with Gasteiger partial charge in [0.1, 0.15) is 11.6 Å². The number of nitrogens with one attached hydrogen (secondary N) is 2. The Morgan fingerprint density at radius 1 is 1.38 bits per heavy atom. The number of hydrogen-bond acceptors (Lipinski definition) is 5. The van der Waals surface area contributed by atoms with Crippen molar-refractivity contribution in [3.8, 4) is 0 Å². The maximum Gasteiger partial charge on any atom is 0.147 e. The molecule has 2 heterocycles. The van der Waals surface area contributed by atoms with Gasteiger partial charge in [-0.3, -0.25) is 4.98 Å². The van der Waals surface area contributed by atoms with Crippen LogP contribution in [0.25, 0.3) is 0 Å². The number of nitrogens with zero attached hydrogens (tertiary/aromatic N) is 2.